The molecule has 2 unspecified atom stereocenters. The summed E-state index contributed by atoms with van der Waals surface area (Å²) < 4.78 is 36.2. The van der Waals surface area contributed by atoms with Gasteiger partial charge in [0.05, 0.1) is 24.8 Å². The molecular weight excluding hydrogens is 491 g/mol. The second-order valence-corrected chi connectivity index (χ2v) is 11.3. The lowest BCUT2D eigenvalue weighted by molar-refractivity contribution is -0.151. The van der Waals surface area contributed by atoms with Gasteiger partial charge in [-0.05, 0) is 32.9 Å². The van der Waals surface area contributed by atoms with E-state index in [1.165, 1.54) is 24.1 Å². The molecule has 1 aromatic carbocycles. The van der Waals surface area contributed by atoms with E-state index in [0.717, 1.165) is 0 Å². The number of rotatable bonds is 10. The zero-order valence-electron chi connectivity index (χ0n) is 20.7. The summed E-state index contributed by atoms with van der Waals surface area (Å²) >= 11 is 0. The molecule has 0 aromatic heterocycles. The van der Waals surface area contributed by atoms with Crippen molar-refractivity contribution < 1.29 is 42.9 Å². The Kier molecular flexibility index (Phi) is 8.63. The van der Waals surface area contributed by atoms with Crippen molar-refractivity contribution in [2.75, 3.05) is 12.8 Å². The fourth-order valence-corrected chi connectivity index (χ4v) is 5.66. The van der Waals surface area contributed by atoms with Gasteiger partial charge >= 0.3 is 13.6 Å². The number of para-hydroxylation sites is 1. The number of hydrogen-bond acceptors (Lipinski definition) is 10. The molecular formula is C24H33N2O9P. The molecule has 198 valence electrons. The molecule has 3 N–H and O–H groups in total. The van der Waals surface area contributed by atoms with Crippen molar-refractivity contribution in [1.29, 1.82) is 0 Å². The van der Waals surface area contributed by atoms with Crippen molar-refractivity contribution in [2.45, 2.75) is 57.8 Å². The minimum absolute atomic E-state index is 0.150. The van der Waals surface area contributed by atoms with E-state index >= 15 is 0 Å². The quantitative estimate of drug-likeness (QED) is 0.308. The molecule has 0 saturated carbocycles. The lowest BCUT2D eigenvalue weighted by Crippen LogP contribution is -2.53. The molecule has 0 aliphatic carbocycles. The largest absolute Gasteiger partial charge is 0.463 e. The highest BCUT2D eigenvalue weighted by Gasteiger charge is 2.55. The molecule has 1 saturated heterocycles. The number of carbonyl (C=O) groups excluding carboxylic acids is 2. The first-order valence-corrected chi connectivity index (χ1v) is 13.3. The molecule has 0 spiro atoms. The number of aliphatic hydroxyl groups is 2. The molecule has 11 nitrogen and oxygen atoms in total. The zero-order valence-corrected chi connectivity index (χ0v) is 21.6. The van der Waals surface area contributed by atoms with Gasteiger partial charge in [0, 0.05) is 12.3 Å². The molecule has 3 rings (SSSR count). The Morgan fingerprint density at radius 3 is 2.58 bits per heavy atom. The zero-order chi connectivity index (χ0) is 26.7. The maximum Gasteiger partial charge on any atom is 0.380 e. The average molecular weight is 525 g/mol. The van der Waals surface area contributed by atoms with Crippen molar-refractivity contribution in [3.05, 3.63) is 55.0 Å². The second kappa shape index (κ2) is 11.1. The van der Waals surface area contributed by atoms with Crippen LogP contribution in [-0.4, -0.2) is 69.9 Å². The number of ether oxygens (including phenoxy) is 2. The van der Waals surface area contributed by atoms with Crippen LogP contribution in [-0.2, 0) is 28.2 Å². The molecule has 2 heterocycles. The van der Waals surface area contributed by atoms with E-state index in [2.05, 4.69) is 11.9 Å². The van der Waals surface area contributed by atoms with Gasteiger partial charge in [0.25, 0.3) is 5.91 Å². The molecule has 1 fully saturated rings. The summed E-state index contributed by atoms with van der Waals surface area (Å²) in [5.41, 5.74) is -1.80. The number of nitrogens with zero attached hydrogens (tertiary/aromatic N) is 1. The van der Waals surface area contributed by atoms with Gasteiger partial charge in [-0.3, -0.25) is 14.1 Å². The number of aliphatic hydroxyl groups excluding tert-OH is 1. The Labute approximate surface area is 210 Å². The fraction of sp³-hybridized carbons (Fsp3) is 0.500. The van der Waals surface area contributed by atoms with Crippen LogP contribution in [0.25, 0.3) is 0 Å². The molecule has 0 radical (unpaired) electrons. The van der Waals surface area contributed by atoms with Gasteiger partial charge in [0.15, 0.2) is 6.23 Å². The van der Waals surface area contributed by atoms with Crippen LogP contribution >= 0.6 is 7.60 Å². The number of nitrogens with one attached hydrogen (secondary N) is 1. The molecule has 2 aliphatic heterocycles. The summed E-state index contributed by atoms with van der Waals surface area (Å²) in [4.78, 5) is 25.3. The average Bonchev–Trinajstić information content (AvgIpc) is 3.01. The van der Waals surface area contributed by atoms with Gasteiger partial charge in [-0.25, -0.2) is 4.57 Å². The van der Waals surface area contributed by atoms with E-state index < -0.39 is 56.0 Å². The third-order valence-electron chi connectivity index (χ3n) is 5.65. The van der Waals surface area contributed by atoms with Gasteiger partial charge in [0.1, 0.15) is 29.4 Å². The number of esters is 1. The number of hydrogen-bond donors (Lipinski definition) is 3. The lowest BCUT2D eigenvalue weighted by Gasteiger charge is -2.37. The van der Waals surface area contributed by atoms with Crippen molar-refractivity contribution in [1.82, 2.24) is 10.2 Å². The molecule has 1 amide bonds. The standard InChI is InChI=1S/C24H33N2O9P/c1-15(2)33-22(29)16(3)14-36(31,35-18-9-7-6-8-10-18)32-13-19-21(28)24(5,30)23(34-19)26-12-11-20(27)25-17(26)4/h6-12,15-16,19,21,23,28,30H,4,13-14H2,1-3,5H3,(H,25,27)/t16-,19-,21+,23-,24?,36?/m1/s1. The van der Waals surface area contributed by atoms with Crippen LogP contribution in [0.3, 0.4) is 0 Å². The van der Waals surface area contributed by atoms with Crippen molar-refractivity contribution >= 4 is 19.5 Å². The summed E-state index contributed by atoms with van der Waals surface area (Å²) in [6.07, 6.45) is -1.72. The Morgan fingerprint density at radius 2 is 1.97 bits per heavy atom. The van der Waals surface area contributed by atoms with E-state index in [4.69, 9.17) is 18.5 Å². The van der Waals surface area contributed by atoms with E-state index in [0.29, 0.717) is 0 Å². The van der Waals surface area contributed by atoms with Gasteiger partial charge < -0.3 is 34.4 Å². The highest BCUT2D eigenvalue weighted by Crippen LogP contribution is 2.51. The highest BCUT2D eigenvalue weighted by molar-refractivity contribution is 7.54. The summed E-state index contributed by atoms with van der Waals surface area (Å²) in [6.45, 7) is 9.66. The molecule has 36 heavy (non-hydrogen) atoms. The third-order valence-corrected chi connectivity index (χ3v) is 7.67. The first-order valence-electron chi connectivity index (χ1n) is 11.5. The van der Waals surface area contributed by atoms with Gasteiger partial charge in [-0.15, -0.1) is 0 Å². The summed E-state index contributed by atoms with van der Waals surface area (Å²) in [7, 11) is -3.96. The second-order valence-electron chi connectivity index (χ2n) is 9.24. The summed E-state index contributed by atoms with van der Waals surface area (Å²) in [5, 5.41) is 24.3. The van der Waals surface area contributed by atoms with E-state index in [1.54, 1.807) is 51.1 Å². The van der Waals surface area contributed by atoms with Crippen LogP contribution < -0.4 is 9.84 Å². The predicted molar refractivity (Wildman–Crippen MR) is 129 cm³/mol. The monoisotopic (exact) mass is 524 g/mol. The van der Waals surface area contributed by atoms with Crippen molar-refractivity contribution in [3.8, 4) is 5.75 Å². The normalized spacial score (nSPS) is 28.5. The molecule has 1 aromatic rings. The molecule has 6 atom stereocenters. The fourth-order valence-electron chi connectivity index (χ4n) is 3.79. The van der Waals surface area contributed by atoms with E-state index in [9.17, 15) is 24.4 Å². The minimum Gasteiger partial charge on any atom is -0.463 e. The van der Waals surface area contributed by atoms with Crippen LogP contribution in [0.5, 0.6) is 5.75 Å². The Hall–Kier alpha value is -2.69. The maximum atomic E-state index is 13.7. The summed E-state index contributed by atoms with van der Waals surface area (Å²) in [5.74, 6) is -1.33. The Balaban J connectivity index is 1.76. The van der Waals surface area contributed by atoms with Crippen LogP contribution in [0.15, 0.2) is 55.0 Å². The van der Waals surface area contributed by atoms with Gasteiger partial charge in [-0.1, -0.05) is 31.7 Å². The predicted octanol–water partition coefficient (Wildman–Crippen LogP) is 2.12. The number of amides is 1. The van der Waals surface area contributed by atoms with E-state index in [1.807, 2.05) is 0 Å². The molecule has 0 bridgehead atoms. The highest BCUT2D eigenvalue weighted by atomic mass is 31.2. The minimum atomic E-state index is -3.96. The van der Waals surface area contributed by atoms with Crippen LogP contribution in [0.1, 0.15) is 27.7 Å². The van der Waals surface area contributed by atoms with Crippen molar-refractivity contribution in [2.24, 2.45) is 5.92 Å². The van der Waals surface area contributed by atoms with Crippen LogP contribution in [0, 0.1) is 5.92 Å². The first-order chi connectivity index (χ1) is 16.8. The maximum absolute atomic E-state index is 13.7. The first kappa shape index (κ1) is 27.9. The van der Waals surface area contributed by atoms with E-state index in [-0.39, 0.29) is 23.8 Å². The van der Waals surface area contributed by atoms with Crippen LogP contribution in [0.2, 0.25) is 0 Å². The lowest BCUT2D eigenvalue weighted by atomic mass is 9.96. The van der Waals surface area contributed by atoms with Crippen molar-refractivity contribution in [3.63, 3.8) is 0 Å². The number of carbonyl (C=O) groups is 2. The Bertz CT molecular complexity index is 1040. The molecule has 2 aliphatic rings. The van der Waals surface area contributed by atoms with Crippen LogP contribution in [0.4, 0.5) is 0 Å². The smallest absolute Gasteiger partial charge is 0.380 e. The topological polar surface area (TPSA) is 144 Å². The molecule has 12 heteroatoms. The third kappa shape index (κ3) is 6.54. The van der Waals surface area contributed by atoms with Gasteiger partial charge in [-0.2, -0.15) is 0 Å². The SMILES string of the molecule is C=C1NC(=O)C=CN1[C@@H]1O[C@H](COP(=O)(C[C@@H](C)C(=O)OC(C)C)Oc2ccccc2)[C@H](O)C1(C)O. The number of benzene rings is 1. The Morgan fingerprint density at radius 1 is 1.31 bits per heavy atom. The summed E-state index contributed by atoms with van der Waals surface area (Å²) in [6, 6.07) is 8.34. The van der Waals surface area contributed by atoms with Gasteiger partial charge in [0.2, 0.25) is 0 Å².